The number of rotatable bonds is 4. The average molecular weight is 381 g/mol. The summed E-state index contributed by atoms with van der Waals surface area (Å²) in [5, 5.41) is 0. The molecule has 0 N–H and O–H groups in total. The maximum Gasteiger partial charge on any atom is 0.175 e. The molecule has 2 aliphatic rings. The normalized spacial score (nSPS) is 25.4. The van der Waals surface area contributed by atoms with Crippen molar-refractivity contribution in [3.63, 3.8) is 0 Å². The van der Waals surface area contributed by atoms with Crippen molar-refractivity contribution in [3.8, 4) is 0 Å². The quantitative estimate of drug-likeness (QED) is 0.734. The van der Waals surface area contributed by atoms with E-state index < -0.39 is 9.84 Å². The van der Waals surface area contributed by atoms with Crippen LogP contribution >= 0.6 is 0 Å². The third kappa shape index (κ3) is 3.92. The number of ether oxygens (including phenoxy) is 1. The predicted molar refractivity (Wildman–Crippen MR) is 108 cm³/mol. The van der Waals surface area contributed by atoms with E-state index in [4.69, 9.17) is 4.74 Å². The van der Waals surface area contributed by atoms with Gasteiger partial charge < -0.3 is 4.74 Å². The molecule has 27 heavy (non-hydrogen) atoms. The third-order valence-electron chi connectivity index (χ3n) is 5.46. The zero-order valence-corrected chi connectivity index (χ0v) is 16.2. The molecule has 0 spiro atoms. The summed E-state index contributed by atoms with van der Waals surface area (Å²) in [6, 6.07) is 17.4. The minimum absolute atomic E-state index is 0.320. The number of hydrogen-bond acceptors (Lipinski definition) is 3. The molecule has 2 aromatic rings. The Morgan fingerprint density at radius 2 is 1.74 bits per heavy atom. The Hall–Kier alpha value is -2.17. The van der Waals surface area contributed by atoms with E-state index in [0.717, 1.165) is 36.1 Å². The van der Waals surface area contributed by atoms with Crippen LogP contribution in [0.3, 0.4) is 0 Å². The van der Waals surface area contributed by atoms with Crippen LogP contribution in [0.1, 0.15) is 24.0 Å². The molecule has 3 atom stereocenters. The molecule has 1 fully saturated rings. The highest BCUT2D eigenvalue weighted by molar-refractivity contribution is 7.90. The molecule has 140 valence electrons. The Labute approximate surface area is 161 Å². The van der Waals surface area contributed by atoms with Crippen LogP contribution < -0.4 is 0 Å². The number of hydrogen-bond donors (Lipinski definition) is 0. The van der Waals surface area contributed by atoms with Gasteiger partial charge in [-0.2, -0.15) is 0 Å². The van der Waals surface area contributed by atoms with E-state index in [-0.39, 0.29) is 0 Å². The minimum atomic E-state index is -3.20. The SMILES string of the molecule is CS(=O)(=O)c1ccc(/C(=C/C2COC3CCC=CC23)c2ccccc2)cc1. The second kappa shape index (κ2) is 7.45. The Morgan fingerprint density at radius 3 is 2.44 bits per heavy atom. The van der Waals surface area contributed by atoms with Gasteiger partial charge in [-0.1, -0.05) is 60.7 Å². The maximum atomic E-state index is 11.8. The molecule has 3 nitrogen and oxygen atoms in total. The van der Waals surface area contributed by atoms with Gasteiger partial charge >= 0.3 is 0 Å². The molecule has 0 aromatic heterocycles. The molecule has 4 rings (SSSR count). The number of sulfone groups is 1. The summed E-state index contributed by atoms with van der Waals surface area (Å²) < 4.78 is 29.6. The molecule has 0 radical (unpaired) electrons. The van der Waals surface area contributed by atoms with Crippen LogP contribution in [0.15, 0.2) is 77.7 Å². The van der Waals surface area contributed by atoms with Crippen molar-refractivity contribution in [1.82, 2.24) is 0 Å². The van der Waals surface area contributed by atoms with Gasteiger partial charge in [-0.3, -0.25) is 0 Å². The molecule has 1 aliphatic carbocycles. The smallest absolute Gasteiger partial charge is 0.175 e. The summed E-state index contributed by atoms with van der Waals surface area (Å²) in [5.74, 6) is 0.754. The second-order valence-electron chi connectivity index (χ2n) is 7.36. The maximum absolute atomic E-state index is 11.8. The first-order valence-corrected chi connectivity index (χ1v) is 11.3. The van der Waals surface area contributed by atoms with Gasteiger partial charge in [0.2, 0.25) is 0 Å². The monoisotopic (exact) mass is 380 g/mol. The van der Waals surface area contributed by atoms with Crippen LogP contribution in [0.2, 0.25) is 0 Å². The molecule has 4 heteroatoms. The van der Waals surface area contributed by atoms with E-state index in [2.05, 4.69) is 30.4 Å². The molecular weight excluding hydrogens is 356 g/mol. The zero-order valence-electron chi connectivity index (χ0n) is 15.4. The Morgan fingerprint density at radius 1 is 1.04 bits per heavy atom. The first-order valence-electron chi connectivity index (χ1n) is 9.38. The van der Waals surface area contributed by atoms with Crippen molar-refractivity contribution in [2.75, 3.05) is 12.9 Å². The van der Waals surface area contributed by atoms with E-state index in [1.54, 1.807) is 12.1 Å². The molecule has 2 aromatic carbocycles. The Balaban J connectivity index is 1.74. The average Bonchev–Trinajstić information content (AvgIpc) is 3.09. The van der Waals surface area contributed by atoms with Gasteiger partial charge in [-0.25, -0.2) is 8.42 Å². The van der Waals surface area contributed by atoms with Gasteiger partial charge in [-0.15, -0.1) is 0 Å². The van der Waals surface area contributed by atoms with Crippen molar-refractivity contribution in [3.05, 3.63) is 84.0 Å². The summed E-state index contributed by atoms with van der Waals surface area (Å²) in [5.41, 5.74) is 3.29. The molecular formula is C23H24O3S. The third-order valence-corrected chi connectivity index (χ3v) is 6.59. The highest BCUT2D eigenvalue weighted by atomic mass is 32.2. The summed E-state index contributed by atoms with van der Waals surface area (Å²) in [4.78, 5) is 0.345. The topological polar surface area (TPSA) is 43.4 Å². The largest absolute Gasteiger partial charge is 0.377 e. The fourth-order valence-corrected chi connectivity index (χ4v) is 4.65. The van der Waals surface area contributed by atoms with Crippen LogP contribution in [0.4, 0.5) is 0 Å². The lowest BCUT2D eigenvalue weighted by atomic mass is 9.82. The highest BCUT2D eigenvalue weighted by Gasteiger charge is 2.35. The Kier molecular flexibility index (Phi) is 5.02. The summed E-state index contributed by atoms with van der Waals surface area (Å²) >= 11 is 0. The van der Waals surface area contributed by atoms with Crippen molar-refractivity contribution in [2.24, 2.45) is 11.8 Å². The molecule has 1 heterocycles. The van der Waals surface area contributed by atoms with Crippen molar-refractivity contribution >= 4 is 15.4 Å². The van der Waals surface area contributed by atoms with Crippen molar-refractivity contribution < 1.29 is 13.2 Å². The van der Waals surface area contributed by atoms with Gasteiger partial charge in [0.25, 0.3) is 0 Å². The van der Waals surface area contributed by atoms with Gasteiger partial charge in [0.05, 0.1) is 17.6 Å². The lowest BCUT2D eigenvalue weighted by molar-refractivity contribution is 0.0892. The standard InChI is InChI=1S/C23H24O3S/c1-27(24,25)20-13-11-18(12-14-20)22(17-7-3-2-4-8-17)15-19-16-26-23-10-6-5-9-21(19)23/h2-5,7-9,11-15,19,21,23H,6,10,16H2,1H3/b22-15+. The van der Waals surface area contributed by atoms with Crippen LogP contribution in [-0.2, 0) is 14.6 Å². The highest BCUT2D eigenvalue weighted by Crippen LogP contribution is 2.37. The second-order valence-corrected chi connectivity index (χ2v) is 9.38. The van der Waals surface area contributed by atoms with Crippen LogP contribution in [0, 0.1) is 11.8 Å². The van der Waals surface area contributed by atoms with Gasteiger partial charge in [-0.05, 0) is 41.7 Å². The van der Waals surface area contributed by atoms with Crippen LogP contribution in [0.5, 0.6) is 0 Å². The summed E-state index contributed by atoms with van der Waals surface area (Å²) in [6.07, 6.45) is 10.6. The zero-order chi connectivity index (χ0) is 18.9. The summed E-state index contributed by atoms with van der Waals surface area (Å²) in [6.45, 7) is 0.734. The molecule has 1 aliphatic heterocycles. The van der Waals surface area contributed by atoms with Crippen molar-refractivity contribution in [2.45, 2.75) is 23.8 Å². The predicted octanol–water partition coefficient (Wildman–Crippen LogP) is 4.50. The lowest BCUT2D eigenvalue weighted by Gasteiger charge is -2.22. The minimum Gasteiger partial charge on any atom is -0.377 e. The summed E-state index contributed by atoms with van der Waals surface area (Å²) in [7, 11) is -3.20. The fraction of sp³-hybridized carbons (Fsp3) is 0.304. The molecule has 0 saturated carbocycles. The van der Waals surface area contributed by atoms with Gasteiger partial charge in [0, 0.05) is 18.1 Å². The van der Waals surface area contributed by atoms with E-state index >= 15 is 0 Å². The lowest BCUT2D eigenvalue weighted by Crippen LogP contribution is -2.20. The van der Waals surface area contributed by atoms with Crippen molar-refractivity contribution in [1.29, 1.82) is 0 Å². The van der Waals surface area contributed by atoms with Crippen LogP contribution in [0.25, 0.3) is 5.57 Å². The van der Waals surface area contributed by atoms with E-state index in [0.29, 0.717) is 22.8 Å². The first-order chi connectivity index (χ1) is 13.0. The fourth-order valence-electron chi connectivity index (χ4n) is 4.02. The Bertz CT molecular complexity index is 956. The van der Waals surface area contributed by atoms with Crippen LogP contribution in [-0.4, -0.2) is 27.4 Å². The van der Waals surface area contributed by atoms with Gasteiger partial charge in [0.1, 0.15) is 0 Å². The first kappa shape index (κ1) is 18.2. The number of allylic oxidation sites excluding steroid dienone is 1. The number of benzene rings is 2. The van der Waals surface area contributed by atoms with Gasteiger partial charge in [0.15, 0.2) is 9.84 Å². The molecule has 0 amide bonds. The molecule has 0 bridgehead atoms. The number of fused-ring (bicyclic) bond motifs is 1. The van der Waals surface area contributed by atoms with E-state index in [1.807, 2.05) is 30.3 Å². The van der Waals surface area contributed by atoms with E-state index in [1.165, 1.54) is 6.26 Å². The van der Waals surface area contributed by atoms with E-state index in [9.17, 15) is 8.42 Å². The molecule has 1 saturated heterocycles. The molecule has 3 unspecified atom stereocenters.